The number of pyridine rings is 1. The van der Waals surface area contributed by atoms with E-state index in [-0.39, 0.29) is 0 Å². The molecule has 102 valence electrons. The average Bonchev–Trinajstić information content (AvgIpc) is 2.96. The summed E-state index contributed by atoms with van der Waals surface area (Å²) in [5.74, 6) is 0.974. The Morgan fingerprint density at radius 1 is 1.05 bits per heavy atom. The highest BCUT2D eigenvalue weighted by atomic mass is 32.1. The SMILES string of the molecule is Nc1nc(Nc2cnc3ccccc3c2)nc2ccsc12. The summed E-state index contributed by atoms with van der Waals surface area (Å²) in [6.45, 7) is 0. The van der Waals surface area contributed by atoms with Gasteiger partial charge < -0.3 is 11.1 Å². The van der Waals surface area contributed by atoms with E-state index in [0.717, 1.165) is 26.8 Å². The minimum absolute atomic E-state index is 0.482. The molecule has 0 saturated heterocycles. The fourth-order valence-corrected chi connectivity index (χ4v) is 2.94. The number of thiophene rings is 1. The van der Waals surface area contributed by atoms with Crippen molar-refractivity contribution in [2.75, 3.05) is 11.1 Å². The number of aromatic nitrogens is 3. The number of rotatable bonds is 2. The first kappa shape index (κ1) is 12.0. The smallest absolute Gasteiger partial charge is 0.229 e. The van der Waals surface area contributed by atoms with E-state index in [1.165, 1.54) is 0 Å². The van der Waals surface area contributed by atoms with Gasteiger partial charge in [-0.2, -0.15) is 4.98 Å². The van der Waals surface area contributed by atoms with Crippen molar-refractivity contribution >= 4 is 49.9 Å². The molecule has 0 aliphatic heterocycles. The lowest BCUT2D eigenvalue weighted by atomic mass is 10.2. The lowest BCUT2D eigenvalue weighted by Gasteiger charge is -2.06. The van der Waals surface area contributed by atoms with Crippen LogP contribution < -0.4 is 11.1 Å². The number of nitrogens with zero attached hydrogens (tertiary/aromatic N) is 3. The van der Waals surface area contributed by atoms with Gasteiger partial charge in [-0.15, -0.1) is 11.3 Å². The van der Waals surface area contributed by atoms with Crippen LogP contribution in [0.4, 0.5) is 17.5 Å². The summed E-state index contributed by atoms with van der Waals surface area (Å²) in [6.07, 6.45) is 1.76. The van der Waals surface area contributed by atoms with Crippen LogP contribution >= 0.6 is 11.3 Å². The number of nitrogens with two attached hydrogens (primary N) is 1. The van der Waals surface area contributed by atoms with Crippen LogP contribution in [0.5, 0.6) is 0 Å². The topological polar surface area (TPSA) is 76.7 Å². The summed E-state index contributed by atoms with van der Waals surface area (Å²) >= 11 is 1.54. The van der Waals surface area contributed by atoms with Gasteiger partial charge in [0.15, 0.2) is 0 Å². The van der Waals surface area contributed by atoms with Gasteiger partial charge in [0, 0.05) is 5.39 Å². The maximum atomic E-state index is 5.95. The molecule has 0 bridgehead atoms. The molecule has 0 spiro atoms. The van der Waals surface area contributed by atoms with Crippen LogP contribution in [0.15, 0.2) is 48.0 Å². The zero-order valence-electron chi connectivity index (χ0n) is 10.9. The molecule has 0 radical (unpaired) electrons. The molecule has 0 amide bonds. The van der Waals surface area contributed by atoms with Crippen molar-refractivity contribution in [1.29, 1.82) is 0 Å². The summed E-state index contributed by atoms with van der Waals surface area (Å²) < 4.78 is 0.914. The average molecular weight is 293 g/mol. The molecule has 4 rings (SSSR count). The summed E-state index contributed by atoms with van der Waals surface area (Å²) in [7, 11) is 0. The zero-order chi connectivity index (χ0) is 14.2. The maximum absolute atomic E-state index is 5.95. The Balaban J connectivity index is 1.75. The van der Waals surface area contributed by atoms with Gasteiger partial charge in [0.25, 0.3) is 0 Å². The zero-order valence-corrected chi connectivity index (χ0v) is 11.8. The van der Waals surface area contributed by atoms with Crippen LogP contribution in [0.2, 0.25) is 0 Å². The van der Waals surface area contributed by atoms with Crippen LogP contribution in [0.3, 0.4) is 0 Å². The highest BCUT2D eigenvalue weighted by Crippen LogP contribution is 2.26. The first-order chi connectivity index (χ1) is 10.3. The van der Waals surface area contributed by atoms with Crippen molar-refractivity contribution in [1.82, 2.24) is 15.0 Å². The Morgan fingerprint density at radius 3 is 2.90 bits per heavy atom. The van der Waals surface area contributed by atoms with Gasteiger partial charge in [-0.1, -0.05) is 18.2 Å². The predicted octanol–water partition coefficient (Wildman–Crippen LogP) is 3.57. The molecule has 5 nitrogen and oxygen atoms in total. The van der Waals surface area contributed by atoms with Gasteiger partial charge in [-0.05, 0) is 23.6 Å². The van der Waals surface area contributed by atoms with Gasteiger partial charge in [-0.25, -0.2) is 4.98 Å². The van der Waals surface area contributed by atoms with Gasteiger partial charge in [-0.3, -0.25) is 4.98 Å². The molecule has 3 N–H and O–H groups in total. The summed E-state index contributed by atoms with van der Waals surface area (Å²) in [4.78, 5) is 13.1. The number of nitrogens with one attached hydrogen (secondary N) is 1. The number of hydrogen-bond acceptors (Lipinski definition) is 6. The van der Waals surface area contributed by atoms with Crippen molar-refractivity contribution in [3.05, 3.63) is 48.0 Å². The van der Waals surface area contributed by atoms with Crippen LogP contribution in [-0.2, 0) is 0 Å². The van der Waals surface area contributed by atoms with E-state index in [1.54, 1.807) is 17.5 Å². The summed E-state index contributed by atoms with van der Waals surface area (Å²) in [5.41, 5.74) is 8.59. The van der Waals surface area contributed by atoms with Gasteiger partial charge in [0.05, 0.1) is 27.6 Å². The van der Waals surface area contributed by atoms with Crippen molar-refractivity contribution in [2.24, 2.45) is 0 Å². The molecule has 0 saturated carbocycles. The highest BCUT2D eigenvalue weighted by Gasteiger charge is 2.07. The molecule has 6 heteroatoms. The molecule has 0 atom stereocenters. The lowest BCUT2D eigenvalue weighted by molar-refractivity contribution is 1.22. The fraction of sp³-hybridized carbons (Fsp3) is 0. The second-order valence-electron chi connectivity index (χ2n) is 4.61. The number of benzene rings is 1. The number of anilines is 3. The first-order valence-electron chi connectivity index (χ1n) is 6.42. The maximum Gasteiger partial charge on any atom is 0.229 e. The second-order valence-corrected chi connectivity index (χ2v) is 5.53. The first-order valence-corrected chi connectivity index (χ1v) is 7.30. The van der Waals surface area contributed by atoms with E-state index < -0.39 is 0 Å². The van der Waals surface area contributed by atoms with Crippen LogP contribution in [0, 0.1) is 0 Å². The Morgan fingerprint density at radius 2 is 1.95 bits per heavy atom. The number of para-hydroxylation sites is 1. The third-order valence-corrected chi connectivity index (χ3v) is 4.10. The largest absolute Gasteiger partial charge is 0.382 e. The normalized spacial score (nSPS) is 11.0. The quantitative estimate of drug-likeness (QED) is 0.591. The van der Waals surface area contributed by atoms with E-state index in [2.05, 4.69) is 20.3 Å². The third kappa shape index (κ3) is 2.15. The second kappa shape index (κ2) is 4.68. The molecular weight excluding hydrogens is 282 g/mol. The number of nitrogen functional groups attached to an aromatic ring is 1. The Labute approximate surface area is 124 Å². The van der Waals surface area contributed by atoms with E-state index in [1.807, 2.05) is 41.8 Å². The molecule has 3 heterocycles. The minimum atomic E-state index is 0.482. The fourth-order valence-electron chi connectivity index (χ4n) is 2.21. The molecule has 4 aromatic rings. The highest BCUT2D eigenvalue weighted by molar-refractivity contribution is 7.17. The van der Waals surface area contributed by atoms with Gasteiger partial charge in [0.1, 0.15) is 5.82 Å². The Bertz CT molecular complexity index is 947. The molecule has 0 unspecified atom stereocenters. The lowest BCUT2D eigenvalue weighted by Crippen LogP contribution is -2.00. The molecule has 0 aliphatic rings. The Kier molecular flexibility index (Phi) is 2.68. The molecule has 1 aromatic carbocycles. The van der Waals surface area contributed by atoms with Crippen molar-refractivity contribution in [3.8, 4) is 0 Å². The monoisotopic (exact) mass is 293 g/mol. The standard InChI is InChI=1S/C15H11N5S/c16-14-13-12(5-6-21-13)19-15(20-14)18-10-7-9-3-1-2-4-11(9)17-8-10/h1-8H,(H3,16,18,19,20). The summed E-state index contributed by atoms with van der Waals surface area (Å²) in [5, 5.41) is 6.18. The van der Waals surface area contributed by atoms with E-state index in [4.69, 9.17) is 5.73 Å². The van der Waals surface area contributed by atoms with E-state index in [9.17, 15) is 0 Å². The number of hydrogen-bond donors (Lipinski definition) is 2. The molecule has 3 aromatic heterocycles. The third-order valence-electron chi connectivity index (χ3n) is 3.18. The Hall–Kier alpha value is -2.73. The van der Waals surface area contributed by atoms with Gasteiger partial charge >= 0.3 is 0 Å². The van der Waals surface area contributed by atoms with Crippen molar-refractivity contribution < 1.29 is 0 Å². The number of fused-ring (bicyclic) bond motifs is 2. The van der Waals surface area contributed by atoms with E-state index >= 15 is 0 Å². The molecular formula is C15H11N5S. The molecule has 21 heavy (non-hydrogen) atoms. The van der Waals surface area contributed by atoms with Crippen LogP contribution in [0.25, 0.3) is 21.1 Å². The van der Waals surface area contributed by atoms with Crippen molar-refractivity contribution in [2.45, 2.75) is 0 Å². The van der Waals surface area contributed by atoms with E-state index in [0.29, 0.717) is 11.8 Å². The molecule has 0 fully saturated rings. The predicted molar refractivity (Wildman–Crippen MR) is 86.9 cm³/mol. The minimum Gasteiger partial charge on any atom is -0.382 e. The van der Waals surface area contributed by atoms with Crippen LogP contribution in [-0.4, -0.2) is 15.0 Å². The van der Waals surface area contributed by atoms with Crippen LogP contribution in [0.1, 0.15) is 0 Å². The summed E-state index contributed by atoms with van der Waals surface area (Å²) in [6, 6.07) is 11.9. The molecule has 0 aliphatic carbocycles. The van der Waals surface area contributed by atoms with Crippen molar-refractivity contribution in [3.63, 3.8) is 0 Å². The van der Waals surface area contributed by atoms with Gasteiger partial charge in [0.2, 0.25) is 5.95 Å².